The van der Waals surface area contributed by atoms with Crippen molar-refractivity contribution in [3.63, 3.8) is 0 Å². The van der Waals surface area contributed by atoms with Gasteiger partial charge >= 0.3 is 0 Å². The van der Waals surface area contributed by atoms with Crippen LogP contribution in [0.15, 0.2) is 11.6 Å². The van der Waals surface area contributed by atoms with Crippen molar-refractivity contribution in [1.29, 1.82) is 0 Å². The number of rotatable bonds is 0. The summed E-state index contributed by atoms with van der Waals surface area (Å²) in [6.45, 7) is 2.05. The van der Waals surface area contributed by atoms with E-state index in [0.717, 1.165) is 12.8 Å². The normalized spacial score (nSPS) is 36.1. The second-order valence-corrected chi connectivity index (χ2v) is 2.76. The van der Waals surface area contributed by atoms with Gasteiger partial charge in [0.05, 0.1) is 0 Å². The van der Waals surface area contributed by atoms with Crippen molar-refractivity contribution in [1.82, 2.24) is 0 Å². The maximum Gasteiger partial charge on any atom is 0.0252 e. The van der Waals surface area contributed by atoms with Gasteiger partial charge < -0.3 is 11.5 Å². The Bertz CT molecular complexity index is 129. The Kier molecular flexibility index (Phi) is 1.88. The molecule has 0 fully saturated rings. The Balaban J connectivity index is 2.61. The van der Waals surface area contributed by atoms with E-state index in [-0.39, 0.29) is 12.1 Å². The third-order valence-electron chi connectivity index (χ3n) is 1.87. The van der Waals surface area contributed by atoms with Crippen LogP contribution in [0.2, 0.25) is 0 Å². The topological polar surface area (TPSA) is 52.0 Å². The van der Waals surface area contributed by atoms with Crippen LogP contribution < -0.4 is 11.5 Å². The molecule has 0 saturated heterocycles. The van der Waals surface area contributed by atoms with E-state index in [1.165, 1.54) is 5.57 Å². The zero-order valence-corrected chi connectivity index (χ0v) is 5.80. The summed E-state index contributed by atoms with van der Waals surface area (Å²) >= 11 is 0. The first-order valence-electron chi connectivity index (χ1n) is 3.39. The minimum absolute atomic E-state index is 0.254. The minimum atomic E-state index is 0.254. The molecule has 1 rings (SSSR count). The van der Waals surface area contributed by atoms with Gasteiger partial charge in [0, 0.05) is 12.1 Å². The molecule has 2 heteroatoms. The predicted octanol–water partition coefficient (Wildman–Crippen LogP) is 0.381. The average molecular weight is 126 g/mol. The van der Waals surface area contributed by atoms with E-state index in [4.69, 9.17) is 11.5 Å². The first kappa shape index (κ1) is 6.78. The molecule has 1 aliphatic carbocycles. The maximum absolute atomic E-state index is 5.72. The fourth-order valence-electron chi connectivity index (χ4n) is 1.14. The predicted molar refractivity (Wildman–Crippen MR) is 38.9 cm³/mol. The molecule has 2 unspecified atom stereocenters. The van der Waals surface area contributed by atoms with Crippen molar-refractivity contribution in [2.75, 3.05) is 0 Å². The number of hydrogen-bond acceptors (Lipinski definition) is 2. The molecular formula is C7H14N2. The molecule has 0 amide bonds. The van der Waals surface area contributed by atoms with E-state index in [2.05, 4.69) is 6.08 Å². The third-order valence-corrected chi connectivity index (χ3v) is 1.87. The van der Waals surface area contributed by atoms with Crippen molar-refractivity contribution in [3.05, 3.63) is 11.6 Å². The van der Waals surface area contributed by atoms with Gasteiger partial charge in [0.1, 0.15) is 0 Å². The van der Waals surface area contributed by atoms with Gasteiger partial charge in [0.15, 0.2) is 0 Å². The lowest BCUT2D eigenvalue weighted by molar-refractivity contribution is 0.566. The maximum atomic E-state index is 5.72. The molecule has 0 aromatic rings. The lowest BCUT2D eigenvalue weighted by Gasteiger charge is -2.21. The quantitative estimate of drug-likeness (QED) is 0.461. The highest BCUT2D eigenvalue weighted by Crippen LogP contribution is 2.14. The van der Waals surface area contributed by atoms with Crippen LogP contribution in [0.4, 0.5) is 0 Å². The summed E-state index contributed by atoms with van der Waals surface area (Å²) in [6, 6.07) is 0.523. The molecule has 2 nitrogen and oxygen atoms in total. The molecule has 0 heterocycles. The summed E-state index contributed by atoms with van der Waals surface area (Å²) in [4.78, 5) is 0. The van der Waals surface area contributed by atoms with Gasteiger partial charge in [-0.1, -0.05) is 11.6 Å². The van der Waals surface area contributed by atoms with E-state index in [1.807, 2.05) is 6.92 Å². The standard InChI is InChI=1S/C7H14N2/c1-5-4-6(8)2-3-7(5)9/h4,6-7H,2-3,8-9H2,1H3. The summed E-state index contributed by atoms with van der Waals surface area (Å²) in [7, 11) is 0. The van der Waals surface area contributed by atoms with Crippen molar-refractivity contribution in [3.8, 4) is 0 Å². The zero-order chi connectivity index (χ0) is 6.85. The molecule has 0 aromatic heterocycles. The average Bonchev–Trinajstić information content (AvgIpc) is 1.80. The molecule has 0 spiro atoms. The van der Waals surface area contributed by atoms with E-state index in [9.17, 15) is 0 Å². The van der Waals surface area contributed by atoms with Crippen molar-refractivity contribution in [2.45, 2.75) is 31.8 Å². The molecule has 52 valence electrons. The van der Waals surface area contributed by atoms with Crippen molar-refractivity contribution < 1.29 is 0 Å². The van der Waals surface area contributed by atoms with Crippen LogP contribution in [0.1, 0.15) is 19.8 Å². The Morgan fingerprint density at radius 1 is 1.44 bits per heavy atom. The summed E-state index contributed by atoms with van der Waals surface area (Å²) in [5.41, 5.74) is 12.6. The second kappa shape index (κ2) is 2.50. The molecule has 4 N–H and O–H groups in total. The lowest BCUT2D eigenvalue weighted by atomic mass is 9.93. The van der Waals surface area contributed by atoms with Crippen molar-refractivity contribution in [2.24, 2.45) is 11.5 Å². The molecule has 1 aliphatic rings. The van der Waals surface area contributed by atoms with Gasteiger partial charge in [-0.25, -0.2) is 0 Å². The summed E-state index contributed by atoms with van der Waals surface area (Å²) < 4.78 is 0. The lowest BCUT2D eigenvalue weighted by Crippen LogP contribution is -2.31. The van der Waals surface area contributed by atoms with Crippen LogP contribution in [0, 0.1) is 0 Å². The monoisotopic (exact) mass is 126 g/mol. The molecular weight excluding hydrogens is 112 g/mol. The van der Waals surface area contributed by atoms with E-state index in [0.29, 0.717) is 0 Å². The van der Waals surface area contributed by atoms with Gasteiger partial charge in [0.25, 0.3) is 0 Å². The summed E-state index contributed by atoms with van der Waals surface area (Å²) in [5, 5.41) is 0. The fourth-order valence-corrected chi connectivity index (χ4v) is 1.14. The summed E-state index contributed by atoms with van der Waals surface area (Å²) in [6.07, 6.45) is 4.15. The van der Waals surface area contributed by atoms with E-state index >= 15 is 0 Å². The highest BCUT2D eigenvalue weighted by molar-refractivity contribution is 5.13. The van der Waals surface area contributed by atoms with Gasteiger partial charge in [-0.15, -0.1) is 0 Å². The molecule has 0 bridgehead atoms. The van der Waals surface area contributed by atoms with Gasteiger partial charge in [-0.3, -0.25) is 0 Å². The van der Waals surface area contributed by atoms with Crippen LogP contribution in [0.3, 0.4) is 0 Å². The van der Waals surface area contributed by atoms with Crippen molar-refractivity contribution >= 4 is 0 Å². The molecule has 0 aromatic carbocycles. The summed E-state index contributed by atoms with van der Waals surface area (Å²) in [5.74, 6) is 0. The largest absolute Gasteiger partial charge is 0.324 e. The Labute approximate surface area is 55.9 Å². The smallest absolute Gasteiger partial charge is 0.0252 e. The Morgan fingerprint density at radius 3 is 2.56 bits per heavy atom. The van der Waals surface area contributed by atoms with Crippen LogP contribution in [0.5, 0.6) is 0 Å². The Morgan fingerprint density at radius 2 is 2.11 bits per heavy atom. The molecule has 0 saturated carbocycles. The third kappa shape index (κ3) is 1.53. The van der Waals surface area contributed by atoms with Gasteiger partial charge in [0.2, 0.25) is 0 Å². The minimum Gasteiger partial charge on any atom is -0.324 e. The van der Waals surface area contributed by atoms with E-state index < -0.39 is 0 Å². The Hall–Kier alpha value is -0.340. The molecule has 0 radical (unpaired) electrons. The highest BCUT2D eigenvalue weighted by atomic mass is 14.7. The molecule has 2 atom stereocenters. The van der Waals surface area contributed by atoms with Crippen LogP contribution in [-0.2, 0) is 0 Å². The molecule has 0 aliphatic heterocycles. The first-order chi connectivity index (χ1) is 4.20. The number of nitrogens with two attached hydrogens (primary N) is 2. The van der Waals surface area contributed by atoms with Crippen LogP contribution in [-0.4, -0.2) is 12.1 Å². The SMILES string of the molecule is CC1=CC(N)CCC1N. The first-order valence-corrected chi connectivity index (χ1v) is 3.39. The molecule has 9 heavy (non-hydrogen) atoms. The highest BCUT2D eigenvalue weighted by Gasteiger charge is 2.13. The number of hydrogen-bond donors (Lipinski definition) is 2. The van der Waals surface area contributed by atoms with Crippen LogP contribution >= 0.6 is 0 Å². The zero-order valence-electron chi connectivity index (χ0n) is 5.80. The van der Waals surface area contributed by atoms with E-state index in [1.54, 1.807) is 0 Å². The fraction of sp³-hybridized carbons (Fsp3) is 0.714. The van der Waals surface area contributed by atoms with Gasteiger partial charge in [-0.2, -0.15) is 0 Å². The van der Waals surface area contributed by atoms with Crippen LogP contribution in [0.25, 0.3) is 0 Å². The van der Waals surface area contributed by atoms with Gasteiger partial charge in [-0.05, 0) is 19.8 Å². The second-order valence-electron chi connectivity index (χ2n) is 2.76.